The number of nitrogens with zero attached hydrogens (tertiary/aromatic N) is 3. The molecule has 1 atom stereocenters. The normalized spacial score (nSPS) is 20.6. The van der Waals surface area contributed by atoms with Gasteiger partial charge >= 0.3 is 0 Å². The van der Waals surface area contributed by atoms with Crippen LogP contribution in [-0.4, -0.2) is 28.1 Å². The highest BCUT2D eigenvalue weighted by molar-refractivity contribution is 5.76. The van der Waals surface area contributed by atoms with Crippen molar-refractivity contribution in [1.82, 2.24) is 20.3 Å². The molecule has 1 aromatic carbocycles. The average Bonchev–Trinajstić information content (AvgIpc) is 2.40. The van der Waals surface area contributed by atoms with Gasteiger partial charge in [-0.25, -0.2) is 4.68 Å². The molecular weight excluding hydrogens is 216 g/mol. The molecular formula is C12H14N4O. The fourth-order valence-electron chi connectivity index (χ4n) is 2.28. The molecule has 1 aliphatic heterocycles. The van der Waals surface area contributed by atoms with E-state index in [0.29, 0.717) is 10.9 Å². The molecule has 1 fully saturated rings. The van der Waals surface area contributed by atoms with Gasteiger partial charge in [-0.05, 0) is 31.5 Å². The van der Waals surface area contributed by atoms with Gasteiger partial charge in [-0.3, -0.25) is 4.79 Å². The standard InChI is InChI=1S/C12H14N4O/c17-12-10-5-1-2-6-11(10)14-15-16(12)9-4-3-7-13-8-9/h1-2,5-6,9,13H,3-4,7-8H2/t9-/m0/s1. The predicted octanol–water partition coefficient (Wildman–Crippen LogP) is 0.716. The first-order valence-electron chi connectivity index (χ1n) is 5.91. The number of fused-ring (bicyclic) bond motifs is 1. The van der Waals surface area contributed by atoms with Gasteiger partial charge in [0.15, 0.2) is 0 Å². The third-order valence-corrected chi connectivity index (χ3v) is 3.21. The third kappa shape index (κ3) is 1.82. The van der Waals surface area contributed by atoms with Crippen molar-refractivity contribution in [3.8, 4) is 0 Å². The monoisotopic (exact) mass is 230 g/mol. The molecule has 2 aromatic rings. The van der Waals surface area contributed by atoms with Gasteiger partial charge in [-0.2, -0.15) is 0 Å². The lowest BCUT2D eigenvalue weighted by Gasteiger charge is -2.23. The molecule has 1 aromatic heterocycles. The molecule has 0 bridgehead atoms. The topological polar surface area (TPSA) is 59.8 Å². The van der Waals surface area contributed by atoms with E-state index >= 15 is 0 Å². The van der Waals surface area contributed by atoms with E-state index < -0.39 is 0 Å². The molecule has 3 rings (SSSR count). The summed E-state index contributed by atoms with van der Waals surface area (Å²) in [6.07, 6.45) is 2.06. The summed E-state index contributed by atoms with van der Waals surface area (Å²) >= 11 is 0. The molecule has 2 heterocycles. The number of hydrogen-bond acceptors (Lipinski definition) is 4. The van der Waals surface area contributed by atoms with Crippen LogP contribution in [0.1, 0.15) is 18.9 Å². The molecule has 0 amide bonds. The van der Waals surface area contributed by atoms with Gasteiger partial charge in [0, 0.05) is 6.54 Å². The van der Waals surface area contributed by atoms with Crippen molar-refractivity contribution in [2.24, 2.45) is 0 Å². The number of piperidine rings is 1. The lowest BCUT2D eigenvalue weighted by atomic mass is 10.1. The molecule has 5 nitrogen and oxygen atoms in total. The second-order valence-electron chi connectivity index (χ2n) is 4.36. The van der Waals surface area contributed by atoms with Crippen LogP contribution in [-0.2, 0) is 0 Å². The van der Waals surface area contributed by atoms with Crippen molar-refractivity contribution in [2.45, 2.75) is 18.9 Å². The van der Waals surface area contributed by atoms with E-state index in [9.17, 15) is 4.79 Å². The van der Waals surface area contributed by atoms with Crippen LogP contribution in [0.15, 0.2) is 29.1 Å². The second kappa shape index (κ2) is 4.25. The van der Waals surface area contributed by atoms with Gasteiger partial charge in [0.25, 0.3) is 5.56 Å². The van der Waals surface area contributed by atoms with Crippen molar-refractivity contribution in [1.29, 1.82) is 0 Å². The van der Waals surface area contributed by atoms with Gasteiger partial charge < -0.3 is 5.32 Å². The zero-order valence-corrected chi connectivity index (χ0v) is 9.47. The Morgan fingerprint density at radius 2 is 2.24 bits per heavy atom. The maximum absolute atomic E-state index is 12.3. The van der Waals surface area contributed by atoms with E-state index in [1.54, 1.807) is 6.07 Å². The summed E-state index contributed by atoms with van der Waals surface area (Å²) in [5.74, 6) is 0. The van der Waals surface area contributed by atoms with Gasteiger partial charge in [0.2, 0.25) is 0 Å². The first-order valence-corrected chi connectivity index (χ1v) is 5.91. The largest absolute Gasteiger partial charge is 0.315 e. The van der Waals surface area contributed by atoms with Crippen LogP contribution in [0.5, 0.6) is 0 Å². The zero-order valence-electron chi connectivity index (χ0n) is 9.47. The fraction of sp³-hybridized carbons (Fsp3) is 0.417. The van der Waals surface area contributed by atoms with E-state index in [-0.39, 0.29) is 11.6 Å². The lowest BCUT2D eigenvalue weighted by Crippen LogP contribution is -2.38. The van der Waals surface area contributed by atoms with Crippen molar-refractivity contribution < 1.29 is 0 Å². The third-order valence-electron chi connectivity index (χ3n) is 3.21. The highest BCUT2D eigenvalue weighted by Crippen LogP contribution is 2.14. The minimum Gasteiger partial charge on any atom is -0.315 e. The van der Waals surface area contributed by atoms with Gasteiger partial charge in [-0.15, -0.1) is 5.10 Å². The fourth-order valence-corrected chi connectivity index (χ4v) is 2.28. The summed E-state index contributed by atoms with van der Waals surface area (Å²) in [6.45, 7) is 1.82. The molecule has 0 spiro atoms. The van der Waals surface area contributed by atoms with Crippen LogP contribution in [0.3, 0.4) is 0 Å². The minimum atomic E-state index is -0.0377. The Kier molecular flexibility index (Phi) is 2.60. The van der Waals surface area contributed by atoms with E-state index in [1.807, 2.05) is 18.2 Å². The first-order chi connectivity index (χ1) is 8.36. The zero-order chi connectivity index (χ0) is 11.7. The summed E-state index contributed by atoms with van der Waals surface area (Å²) in [6, 6.07) is 7.47. The van der Waals surface area contributed by atoms with Crippen molar-refractivity contribution >= 4 is 10.9 Å². The van der Waals surface area contributed by atoms with Crippen molar-refractivity contribution in [3.05, 3.63) is 34.6 Å². The summed E-state index contributed by atoms with van der Waals surface area (Å²) in [5, 5.41) is 12.1. The average molecular weight is 230 g/mol. The molecule has 0 aliphatic carbocycles. The maximum atomic E-state index is 12.3. The van der Waals surface area contributed by atoms with Crippen molar-refractivity contribution in [3.63, 3.8) is 0 Å². The molecule has 5 heteroatoms. The van der Waals surface area contributed by atoms with Crippen LogP contribution in [0.4, 0.5) is 0 Å². The summed E-state index contributed by atoms with van der Waals surface area (Å²) in [4.78, 5) is 12.3. The van der Waals surface area contributed by atoms with Gasteiger partial charge in [0.05, 0.1) is 11.4 Å². The lowest BCUT2D eigenvalue weighted by molar-refractivity contribution is 0.328. The van der Waals surface area contributed by atoms with Crippen LogP contribution < -0.4 is 10.9 Å². The summed E-state index contributed by atoms with van der Waals surface area (Å²) in [7, 11) is 0. The van der Waals surface area contributed by atoms with E-state index in [1.165, 1.54) is 4.68 Å². The Labute approximate surface area is 98.4 Å². The molecule has 0 saturated carbocycles. The molecule has 17 heavy (non-hydrogen) atoms. The number of rotatable bonds is 1. The molecule has 0 unspecified atom stereocenters. The minimum absolute atomic E-state index is 0.0377. The van der Waals surface area contributed by atoms with Gasteiger partial charge in [-0.1, -0.05) is 17.3 Å². The molecule has 0 radical (unpaired) electrons. The van der Waals surface area contributed by atoms with Crippen LogP contribution in [0.2, 0.25) is 0 Å². The Hall–Kier alpha value is -1.75. The Morgan fingerprint density at radius 1 is 1.35 bits per heavy atom. The number of benzene rings is 1. The molecule has 88 valence electrons. The number of hydrogen-bond donors (Lipinski definition) is 1. The van der Waals surface area contributed by atoms with E-state index in [4.69, 9.17) is 0 Å². The SMILES string of the molecule is O=c1c2ccccc2nnn1[C@H]1CCCNC1. The summed E-state index contributed by atoms with van der Waals surface area (Å²) in [5.41, 5.74) is 0.627. The molecule has 1 aliphatic rings. The Balaban J connectivity index is 2.11. The van der Waals surface area contributed by atoms with E-state index in [0.717, 1.165) is 25.9 Å². The maximum Gasteiger partial charge on any atom is 0.277 e. The van der Waals surface area contributed by atoms with Crippen LogP contribution >= 0.6 is 0 Å². The molecule has 1 N–H and O–H groups in total. The van der Waals surface area contributed by atoms with Crippen molar-refractivity contribution in [2.75, 3.05) is 13.1 Å². The quantitative estimate of drug-likeness (QED) is 0.784. The van der Waals surface area contributed by atoms with Crippen LogP contribution in [0.25, 0.3) is 10.9 Å². The smallest absolute Gasteiger partial charge is 0.277 e. The first kappa shape index (κ1) is 10.4. The number of nitrogens with one attached hydrogen (secondary N) is 1. The summed E-state index contributed by atoms with van der Waals surface area (Å²) < 4.78 is 1.52. The number of aromatic nitrogens is 3. The van der Waals surface area contributed by atoms with Gasteiger partial charge in [0.1, 0.15) is 5.52 Å². The Morgan fingerprint density at radius 3 is 3.06 bits per heavy atom. The Bertz CT molecular complexity index is 586. The van der Waals surface area contributed by atoms with E-state index in [2.05, 4.69) is 15.6 Å². The predicted molar refractivity (Wildman–Crippen MR) is 64.9 cm³/mol. The molecule has 1 saturated heterocycles. The second-order valence-corrected chi connectivity index (χ2v) is 4.36. The highest BCUT2D eigenvalue weighted by Gasteiger charge is 2.18. The highest BCUT2D eigenvalue weighted by atomic mass is 16.1. The van der Waals surface area contributed by atoms with Crippen LogP contribution in [0, 0.1) is 0 Å².